The Kier molecular flexibility index (Phi) is 9.22. The van der Waals surface area contributed by atoms with E-state index in [-0.39, 0.29) is 29.5 Å². The summed E-state index contributed by atoms with van der Waals surface area (Å²) in [5.41, 5.74) is 3.65. The molecule has 3 aliphatic heterocycles. The number of ether oxygens (including phenoxy) is 2. The lowest BCUT2D eigenvalue weighted by Crippen LogP contribution is -2.42. The largest absolute Gasteiger partial charge is 0.444 e. The van der Waals surface area contributed by atoms with Gasteiger partial charge in [-0.2, -0.15) is 0 Å². The van der Waals surface area contributed by atoms with Gasteiger partial charge in [-0.15, -0.1) is 11.3 Å². The van der Waals surface area contributed by atoms with Crippen molar-refractivity contribution < 1.29 is 19.1 Å². The van der Waals surface area contributed by atoms with Gasteiger partial charge in [0.1, 0.15) is 16.2 Å². The maximum atomic E-state index is 12.8. The van der Waals surface area contributed by atoms with Crippen molar-refractivity contribution in [3.05, 3.63) is 65.3 Å². The number of carbonyl (C=O) groups is 2. The summed E-state index contributed by atoms with van der Waals surface area (Å²) in [4.78, 5) is 40.0. The van der Waals surface area contributed by atoms with Gasteiger partial charge < -0.3 is 9.47 Å². The van der Waals surface area contributed by atoms with Gasteiger partial charge in [0.05, 0.1) is 33.8 Å². The van der Waals surface area contributed by atoms with Crippen LogP contribution in [-0.2, 0) is 9.47 Å². The Morgan fingerprint density at radius 1 is 0.761 bits per heavy atom. The van der Waals surface area contributed by atoms with E-state index in [4.69, 9.17) is 19.5 Å². The zero-order chi connectivity index (χ0) is 32.6. The predicted molar refractivity (Wildman–Crippen MR) is 186 cm³/mol. The number of nitrogens with zero attached hydrogens (tertiary/aromatic N) is 4. The molecule has 3 atom stereocenters. The highest BCUT2D eigenvalue weighted by Gasteiger charge is 2.38. The van der Waals surface area contributed by atoms with Crippen LogP contribution in [0.2, 0.25) is 0 Å². The van der Waals surface area contributed by atoms with Gasteiger partial charge in [-0.05, 0) is 89.5 Å². The molecule has 8 nitrogen and oxygen atoms in total. The summed E-state index contributed by atoms with van der Waals surface area (Å²) in [5.74, 6) is 0. The smallest absolute Gasteiger partial charge is 0.410 e. The highest BCUT2D eigenvalue weighted by molar-refractivity contribution is 8.14. The fraction of sp³-hybridized carbons (Fsp3) is 0.500. The van der Waals surface area contributed by atoms with E-state index < -0.39 is 11.2 Å². The number of carbonyl (C=O) groups excluding carboxylic acids is 2. The second-order valence-electron chi connectivity index (χ2n) is 14.2. The van der Waals surface area contributed by atoms with E-state index in [1.165, 1.54) is 5.56 Å². The molecule has 3 aliphatic rings. The van der Waals surface area contributed by atoms with Gasteiger partial charge in [-0.25, -0.2) is 14.6 Å². The summed E-state index contributed by atoms with van der Waals surface area (Å²) in [6.45, 7) is 13.5. The molecular weight excluding hydrogens is 617 g/mol. The maximum absolute atomic E-state index is 12.8. The molecule has 0 N–H and O–H groups in total. The van der Waals surface area contributed by atoms with Crippen LogP contribution in [0.5, 0.6) is 0 Å². The minimum Gasteiger partial charge on any atom is -0.444 e. The van der Waals surface area contributed by atoms with Gasteiger partial charge in [0.2, 0.25) is 0 Å². The molecule has 2 fully saturated rings. The lowest BCUT2D eigenvalue weighted by atomic mass is 10.0. The number of thiazole rings is 1. The molecule has 0 bridgehead atoms. The highest BCUT2D eigenvalue weighted by Crippen LogP contribution is 2.41. The molecule has 46 heavy (non-hydrogen) atoms. The molecule has 0 saturated carbocycles. The molecular formula is C36H44N4O4S2. The third-order valence-electron chi connectivity index (χ3n) is 8.32. The number of hydrogen-bond donors (Lipinski definition) is 0. The zero-order valence-electron chi connectivity index (χ0n) is 27.6. The van der Waals surface area contributed by atoms with Gasteiger partial charge >= 0.3 is 12.2 Å². The monoisotopic (exact) mass is 660 g/mol. The predicted octanol–water partition coefficient (Wildman–Crippen LogP) is 9.14. The van der Waals surface area contributed by atoms with Crippen LogP contribution < -0.4 is 0 Å². The molecule has 2 saturated heterocycles. The van der Waals surface area contributed by atoms with Crippen molar-refractivity contribution in [1.82, 2.24) is 14.8 Å². The molecule has 1 aromatic heterocycles. The fourth-order valence-electron chi connectivity index (χ4n) is 6.17. The molecule has 10 heteroatoms. The molecule has 2 amide bonds. The van der Waals surface area contributed by atoms with Crippen LogP contribution in [-0.4, -0.2) is 68.9 Å². The summed E-state index contributed by atoms with van der Waals surface area (Å²) >= 11 is 3.43. The zero-order valence-corrected chi connectivity index (χ0v) is 29.2. The van der Waals surface area contributed by atoms with E-state index in [9.17, 15) is 9.59 Å². The van der Waals surface area contributed by atoms with Crippen molar-refractivity contribution in [2.45, 2.75) is 95.8 Å². The average Bonchev–Trinajstić information content (AvgIpc) is 3.82. The molecule has 0 radical (unpaired) electrons. The van der Waals surface area contributed by atoms with Crippen molar-refractivity contribution in [3.8, 4) is 21.6 Å². The molecule has 2 aromatic carbocycles. The summed E-state index contributed by atoms with van der Waals surface area (Å²) < 4.78 is 11.3. The summed E-state index contributed by atoms with van der Waals surface area (Å²) in [5, 5.41) is 2.25. The maximum Gasteiger partial charge on any atom is 0.410 e. The van der Waals surface area contributed by atoms with E-state index in [2.05, 4.69) is 48.5 Å². The topological polar surface area (TPSA) is 84.3 Å². The molecule has 244 valence electrons. The second kappa shape index (κ2) is 13.0. The van der Waals surface area contributed by atoms with Crippen molar-refractivity contribution in [1.29, 1.82) is 0 Å². The Balaban J connectivity index is 1.07. The molecule has 6 rings (SSSR count). The van der Waals surface area contributed by atoms with Gasteiger partial charge in [-0.1, -0.05) is 60.3 Å². The number of hydrogen-bond acceptors (Lipinski definition) is 8. The SMILES string of the molecule is CC(C)(C)OC(=O)N1CCC[C@H]1C1=NCC(c2ccc(-c3ccc(-c4cnc([C@@H]5CCCN5C(=O)OC(C)(C)C)s4)cc3)cc2)S1. The van der Waals surface area contributed by atoms with E-state index in [0.717, 1.165) is 63.8 Å². The van der Waals surface area contributed by atoms with Crippen LogP contribution >= 0.6 is 23.1 Å². The van der Waals surface area contributed by atoms with E-state index in [1.54, 1.807) is 23.1 Å². The lowest BCUT2D eigenvalue weighted by Gasteiger charge is -2.28. The van der Waals surface area contributed by atoms with Crippen LogP contribution in [0, 0.1) is 0 Å². The Morgan fingerprint density at radius 2 is 1.28 bits per heavy atom. The quantitative estimate of drug-likeness (QED) is 0.271. The van der Waals surface area contributed by atoms with E-state index in [1.807, 2.05) is 57.5 Å². The van der Waals surface area contributed by atoms with Gasteiger partial charge in [-0.3, -0.25) is 14.8 Å². The van der Waals surface area contributed by atoms with Gasteiger partial charge in [0, 0.05) is 19.3 Å². The number of thioether (sulfide) groups is 1. The Morgan fingerprint density at radius 3 is 1.87 bits per heavy atom. The first-order chi connectivity index (χ1) is 21.8. The Hall–Kier alpha value is -3.37. The fourth-order valence-corrected chi connectivity index (χ4v) is 8.52. The number of rotatable bonds is 5. The van der Waals surface area contributed by atoms with Crippen LogP contribution in [0.4, 0.5) is 9.59 Å². The number of benzene rings is 2. The molecule has 0 spiro atoms. The van der Waals surface area contributed by atoms with Crippen molar-refractivity contribution in [3.63, 3.8) is 0 Å². The molecule has 3 aromatic rings. The molecule has 4 heterocycles. The van der Waals surface area contributed by atoms with Crippen LogP contribution in [0.1, 0.15) is 89.1 Å². The van der Waals surface area contributed by atoms with Crippen molar-refractivity contribution in [2.75, 3.05) is 19.6 Å². The van der Waals surface area contributed by atoms with Crippen LogP contribution in [0.15, 0.2) is 59.7 Å². The van der Waals surface area contributed by atoms with Crippen molar-refractivity contribution >= 4 is 40.3 Å². The molecule has 1 unspecified atom stereocenters. The Bertz CT molecular complexity index is 1590. The van der Waals surface area contributed by atoms with Crippen molar-refractivity contribution in [2.24, 2.45) is 4.99 Å². The third kappa shape index (κ3) is 7.44. The summed E-state index contributed by atoms with van der Waals surface area (Å²) in [6.07, 6.45) is 5.17. The number of aromatic nitrogens is 1. The van der Waals surface area contributed by atoms with Gasteiger partial charge in [0.15, 0.2) is 0 Å². The summed E-state index contributed by atoms with van der Waals surface area (Å²) in [6, 6.07) is 17.3. The number of likely N-dealkylation sites (tertiary alicyclic amines) is 2. The van der Waals surface area contributed by atoms with E-state index >= 15 is 0 Å². The van der Waals surface area contributed by atoms with E-state index in [0.29, 0.717) is 13.1 Å². The minimum atomic E-state index is -0.518. The third-order valence-corrected chi connectivity index (χ3v) is 10.8. The van der Waals surface area contributed by atoms with Crippen LogP contribution in [0.25, 0.3) is 21.6 Å². The molecule has 0 aliphatic carbocycles. The number of amides is 2. The first-order valence-electron chi connectivity index (χ1n) is 16.2. The summed E-state index contributed by atoms with van der Waals surface area (Å²) in [7, 11) is 0. The lowest BCUT2D eigenvalue weighted by molar-refractivity contribution is 0.0222. The second-order valence-corrected chi connectivity index (χ2v) is 16.5. The standard InChI is InChI=1S/C36H44N4O4S2/c1-35(2,3)43-33(41)39-19-7-9-27(39)31-37-21-29(45-31)25-15-11-23(12-16-25)24-13-17-26(18-14-24)30-22-38-32(46-30)28-10-8-20-40(28)34(42)44-36(4,5)6/h11-18,21,27-28,30H,7-10,19-20,22H2,1-6H3/t27-,28-,30?/m0/s1. The number of aliphatic imine (C=N–C) groups is 1. The minimum absolute atomic E-state index is 0.0133. The first kappa shape index (κ1) is 32.6. The average molecular weight is 661 g/mol. The highest BCUT2D eigenvalue weighted by atomic mass is 32.2. The first-order valence-corrected chi connectivity index (χ1v) is 17.9. The van der Waals surface area contributed by atoms with Gasteiger partial charge in [0.25, 0.3) is 0 Å². The van der Waals surface area contributed by atoms with Crippen LogP contribution in [0.3, 0.4) is 0 Å². The Labute approximate surface area is 280 Å². The normalized spacial score (nSPS) is 21.9.